The van der Waals surface area contributed by atoms with E-state index in [0.717, 1.165) is 50.5 Å². The molecule has 1 aromatic heterocycles. The summed E-state index contributed by atoms with van der Waals surface area (Å²) in [5.74, 6) is 1.46. The summed E-state index contributed by atoms with van der Waals surface area (Å²) in [5, 5.41) is 14.6. The number of aliphatic hydroxyl groups excluding tert-OH is 1. The number of benzene rings is 1. The Hall–Kier alpha value is -1.76. The van der Waals surface area contributed by atoms with Crippen LogP contribution in [-0.2, 0) is 13.0 Å². The Morgan fingerprint density at radius 3 is 2.32 bits per heavy atom. The second-order valence-corrected chi connectivity index (χ2v) is 6.97. The van der Waals surface area contributed by atoms with Crippen LogP contribution in [0.3, 0.4) is 0 Å². The van der Waals surface area contributed by atoms with Crippen LogP contribution in [0, 0.1) is 13.8 Å². The highest BCUT2D eigenvalue weighted by atomic mass is 16.5. The first-order valence-electron chi connectivity index (χ1n) is 9.06. The molecule has 1 aromatic carbocycles. The lowest BCUT2D eigenvalue weighted by molar-refractivity contribution is 0.0689. The van der Waals surface area contributed by atoms with Gasteiger partial charge >= 0.3 is 0 Å². The molecule has 1 N–H and O–H groups in total. The third-order valence-electron chi connectivity index (χ3n) is 4.70. The van der Waals surface area contributed by atoms with Gasteiger partial charge < -0.3 is 9.63 Å². The first-order valence-corrected chi connectivity index (χ1v) is 9.06. The minimum atomic E-state index is -0.436. The Kier molecular flexibility index (Phi) is 5.83. The zero-order valence-electron chi connectivity index (χ0n) is 15.4. The van der Waals surface area contributed by atoms with Gasteiger partial charge in [-0.25, -0.2) is 0 Å². The molecule has 0 spiro atoms. The summed E-state index contributed by atoms with van der Waals surface area (Å²) in [4.78, 5) is 9.04. The highest BCUT2D eigenvalue weighted by Gasteiger charge is 2.21. The van der Waals surface area contributed by atoms with Gasteiger partial charge in [-0.05, 0) is 19.4 Å². The smallest absolute Gasteiger partial charge is 0.226 e. The Balaban J connectivity index is 1.48. The molecule has 1 saturated heterocycles. The van der Waals surface area contributed by atoms with Crippen molar-refractivity contribution in [3.63, 3.8) is 0 Å². The minimum Gasteiger partial charge on any atom is -0.387 e. The van der Waals surface area contributed by atoms with Crippen molar-refractivity contribution in [1.82, 2.24) is 19.9 Å². The molecule has 2 aromatic rings. The number of hydrogen-bond donors (Lipinski definition) is 1. The van der Waals surface area contributed by atoms with Crippen LogP contribution in [0.4, 0.5) is 0 Å². The maximum absolute atomic E-state index is 10.6. The Labute approximate surface area is 149 Å². The van der Waals surface area contributed by atoms with E-state index in [-0.39, 0.29) is 0 Å². The van der Waals surface area contributed by atoms with E-state index < -0.39 is 6.10 Å². The maximum Gasteiger partial charge on any atom is 0.226 e. The predicted molar refractivity (Wildman–Crippen MR) is 96.3 cm³/mol. The van der Waals surface area contributed by atoms with Gasteiger partial charge in [0, 0.05) is 39.1 Å². The summed E-state index contributed by atoms with van der Waals surface area (Å²) >= 11 is 0. The number of piperazine rings is 1. The lowest BCUT2D eigenvalue weighted by Gasteiger charge is -2.35. The molecule has 1 fully saturated rings. The number of hydrogen-bond acceptors (Lipinski definition) is 6. The SMILES string of the molecule is CCc1nc(CN2CCN(CC(O)c3cc(C)cc(C)c3)CC2)no1. The van der Waals surface area contributed by atoms with Gasteiger partial charge in [-0.3, -0.25) is 9.80 Å². The zero-order valence-corrected chi connectivity index (χ0v) is 15.4. The van der Waals surface area contributed by atoms with E-state index in [9.17, 15) is 5.11 Å². The standard InChI is InChI=1S/C19H28N4O2/c1-4-19-20-18(21-25-19)13-23-7-5-22(6-8-23)12-17(24)16-10-14(2)9-15(3)11-16/h9-11,17,24H,4-8,12-13H2,1-3H3. The number of aryl methyl sites for hydroxylation is 3. The normalized spacial score (nSPS) is 17.8. The topological polar surface area (TPSA) is 65.6 Å². The predicted octanol–water partition coefficient (Wildman–Crippen LogP) is 2.10. The molecule has 6 nitrogen and oxygen atoms in total. The van der Waals surface area contributed by atoms with Crippen molar-refractivity contribution in [1.29, 1.82) is 0 Å². The maximum atomic E-state index is 10.6. The number of aromatic nitrogens is 2. The third-order valence-corrected chi connectivity index (χ3v) is 4.70. The van der Waals surface area contributed by atoms with Crippen molar-refractivity contribution in [2.24, 2.45) is 0 Å². The molecular formula is C19H28N4O2. The van der Waals surface area contributed by atoms with E-state index in [0.29, 0.717) is 12.4 Å². The second kappa shape index (κ2) is 8.08. The van der Waals surface area contributed by atoms with E-state index in [2.05, 4.69) is 52.0 Å². The van der Waals surface area contributed by atoms with Crippen LogP contribution >= 0.6 is 0 Å². The van der Waals surface area contributed by atoms with Crippen molar-refractivity contribution in [2.75, 3.05) is 32.7 Å². The fraction of sp³-hybridized carbons (Fsp3) is 0.579. The molecule has 0 aliphatic carbocycles. The van der Waals surface area contributed by atoms with Crippen molar-refractivity contribution in [3.8, 4) is 0 Å². The molecule has 2 heterocycles. The van der Waals surface area contributed by atoms with Gasteiger partial charge in [0.05, 0.1) is 12.6 Å². The monoisotopic (exact) mass is 344 g/mol. The van der Waals surface area contributed by atoms with Crippen LogP contribution in [0.1, 0.15) is 41.4 Å². The lowest BCUT2D eigenvalue weighted by Crippen LogP contribution is -2.47. The summed E-state index contributed by atoms with van der Waals surface area (Å²) in [6.45, 7) is 11.4. The van der Waals surface area contributed by atoms with Crippen molar-refractivity contribution in [2.45, 2.75) is 39.8 Å². The van der Waals surface area contributed by atoms with Crippen molar-refractivity contribution < 1.29 is 9.63 Å². The molecule has 0 radical (unpaired) electrons. The van der Waals surface area contributed by atoms with Gasteiger partial charge in [-0.1, -0.05) is 41.4 Å². The molecule has 1 aliphatic heterocycles. The minimum absolute atomic E-state index is 0.436. The molecule has 3 rings (SSSR count). The van der Waals surface area contributed by atoms with Gasteiger partial charge in [0.25, 0.3) is 0 Å². The Bertz CT molecular complexity index is 672. The molecule has 1 unspecified atom stereocenters. The molecule has 6 heteroatoms. The average molecular weight is 344 g/mol. The van der Waals surface area contributed by atoms with Crippen LogP contribution in [0.2, 0.25) is 0 Å². The first kappa shape index (κ1) is 18.0. The summed E-state index contributed by atoms with van der Waals surface area (Å²) in [7, 11) is 0. The summed E-state index contributed by atoms with van der Waals surface area (Å²) < 4.78 is 5.17. The summed E-state index contributed by atoms with van der Waals surface area (Å²) in [6, 6.07) is 6.29. The van der Waals surface area contributed by atoms with Crippen LogP contribution in [0.15, 0.2) is 22.7 Å². The van der Waals surface area contributed by atoms with Gasteiger partial charge in [0.15, 0.2) is 5.82 Å². The first-order chi connectivity index (χ1) is 12.0. The molecule has 0 saturated carbocycles. The number of rotatable bonds is 6. The largest absolute Gasteiger partial charge is 0.387 e. The average Bonchev–Trinajstić information content (AvgIpc) is 3.03. The van der Waals surface area contributed by atoms with Crippen LogP contribution in [0.5, 0.6) is 0 Å². The van der Waals surface area contributed by atoms with Crippen LogP contribution in [0.25, 0.3) is 0 Å². The van der Waals surface area contributed by atoms with Crippen molar-refractivity contribution >= 4 is 0 Å². The molecule has 1 atom stereocenters. The highest BCUT2D eigenvalue weighted by Crippen LogP contribution is 2.19. The quantitative estimate of drug-likeness (QED) is 0.866. The van der Waals surface area contributed by atoms with Gasteiger partial charge in [-0.2, -0.15) is 4.98 Å². The van der Waals surface area contributed by atoms with Gasteiger partial charge in [0.1, 0.15) is 0 Å². The van der Waals surface area contributed by atoms with Crippen molar-refractivity contribution in [3.05, 3.63) is 46.6 Å². The molecule has 1 aliphatic rings. The van der Waals surface area contributed by atoms with E-state index in [4.69, 9.17) is 4.52 Å². The molecule has 0 amide bonds. The lowest BCUT2D eigenvalue weighted by atomic mass is 10.0. The molecule has 0 bridgehead atoms. The van der Waals surface area contributed by atoms with E-state index in [1.807, 2.05) is 6.92 Å². The number of nitrogens with zero attached hydrogens (tertiary/aromatic N) is 4. The third kappa shape index (κ3) is 4.87. The van der Waals surface area contributed by atoms with E-state index in [1.54, 1.807) is 0 Å². The van der Waals surface area contributed by atoms with Crippen LogP contribution in [-0.4, -0.2) is 57.8 Å². The highest BCUT2D eigenvalue weighted by molar-refractivity contribution is 5.30. The number of aliphatic hydroxyl groups is 1. The summed E-state index contributed by atoms with van der Waals surface area (Å²) in [5.41, 5.74) is 3.41. The number of β-amino-alcohol motifs (C(OH)–C–C–N with tert-alkyl or cyclic N) is 1. The fourth-order valence-electron chi connectivity index (χ4n) is 3.38. The summed E-state index contributed by atoms with van der Waals surface area (Å²) in [6.07, 6.45) is 0.339. The van der Waals surface area contributed by atoms with Gasteiger partial charge in [0.2, 0.25) is 5.89 Å². The molecular weight excluding hydrogens is 316 g/mol. The van der Waals surface area contributed by atoms with E-state index >= 15 is 0 Å². The Morgan fingerprint density at radius 2 is 1.72 bits per heavy atom. The van der Waals surface area contributed by atoms with E-state index in [1.165, 1.54) is 11.1 Å². The second-order valence-electron chi connectivity index (χ2n) is 6.97. The molecule has 25 heavy (non-hydrogen) atoms. The molecule has 136 valence electrons. The zero-order chi connectivity index (χ0) is 17.8. The van der Waals surface area contributed by atoms with Gasteiger partial charge in [-0.15, -0.1) is 0 Å². The van der Waals surface area contributed by atoms with Crippen LogP contribution < -0.4 is 0 Å². The Morgan fingerprint density at radius 1 is 1.08 bits per heavy atom. The fourth-order valence-corrected chi connectivity index (χ4v) is 3.38.